The van der Waals surface area contributed by atoms with E-state index in [-0.39, 0.29) is 16.6 Å². The molecule has 9 heteroatoms. The number of sulfonamides is 1. The Bertz CT molecular complexity index is 963. The topological polar surface area (TPSA) is 92.3 Å². The van der Waals surface area contributed by atoms with Gasteiger partial charge in [0.2, 0.25) is 15.9 Å². The van der Waals surface area contributed by atoms with E-state index in [0.29, 0.717) is 23.9 Å². The molecule has 0 saturated carbocycles. The van der Waals surface area contributed by atoms with E-state index >= 15 is 0 Å². The minimum Gasteiger partial charge on any atom is -0.325 e. The highest BCUT2D eigenvalue weighted by atomic mass is 32.2. The minimum absolute atomic E-state index is 0.144. The van der Waals surface area contributed by atoms with Crippen LogP contribution in [0.2, 0.25) is 0 Å². The summed E-state index contributed by atoms with van der Waals surface area (Å²) in [6, 6.07) is 6.39. The Morgan fingerprint density at radius 2 is 1.79 bits per heavy atom. The molecule has 1 aromatic heterocycles. The van der Waals surface area contributed by atoms with Gasteiger partial charge in [0.05, 0.1) is 10.6 Å². The van der Waals surface area contributed by atoms with Crippen molar-refractivity contribution in [2.24, 2.45) is 0 Å². The van der Waals surface area contributed by atoms with Gasteiger partial charge in [0.15, 0.2) is 5.16 Å². The average Bonchev–Trinajstić information content (AvgIpc) is 3.20. The SMILES string of the molecule is Cc1nc(SCC(=O)Nc2cccc(S(=O)(=O)N3CCCC3)c2)nc(C)c1C. The predicted octanol–water partition coefficient (Wildman–Crippen LogP) is 2.92. The Balaban J connectivity index is 1.65. The smallest absolute Gasteiger partial charge is 0.243 e. The second-order valence-electron chi connectivity index (χ2n) is 6.78. The summed E-state index contributed by atoms with van der Waals surface area (Å²) in [7, 11) is -3.51. The molecule has 0 unspecified atom stereocenters. The van der Waals surface area contributed by atoms with Crippen molar-refractivity contribution in [3.8, 4) is 0 Å². The molecule has 1 amide bonds. The molecule has 1 aliphatic rings. The van der Waals surface area contributed by atoms with Gasteiger partial charge in [-0.25, -0.2) is 18.4 Å². The van der Waals surface area contributed by atoms with Crippen molar-refractivity contribution >= 4 is 33.4 Å². The summed E-state index contributed by atoms with van der Waals surface area (Å²) in [5.41, 5.74) is 3.30. The van der Waals surface area contributed by atoms with Crippen molar-refractivity contribution < 1.29 is 13.2 Å². The third kappa shape index (κ3) is 4.71. The Labute approximate surface area is 170 Å². The highest BCUT2D eigenvalue weighted by Gasteiger charge is 2.27. The van der Waals surface area contributed by atoms with Crippen molar-refractivity contribution in [2.45, 2.75) is 43.7 Å². The lowest BCUT2D eigenvalue weighted by Crippen LogP contribution is -2.28. The number of aryl methyl sites for hydroxylation is 2. The monoisotopic (exact) mass is 420 g/mol. The summed E-state index contributed by atoms with van der Waals surface area (Å²) in [4.78, 5) is 21.3. The number of thioether (sulfide) groups is 1. The molecular formula is C19H24N4O3S2. The van der Waals surface area contributed by atoms with Gasteiger partial charge in [0.25, 0.3) is 0 Å². The second kappa shape index (κ2) is 8.59. The van der Waals surface area contributed by atoms with Crippen LogP contribution in [-0.2, 0) is 14.8 Å². The summed E-state index contributed by atoms with van der Waals surface area (Å²) in [6.07, 6.45) is 1.76. The van der Waals surface area contributed by atoms with Crippen LogP contribution in [0.25, 0.3) is 0 Å². The molecule has 7 nitrogen and oxygen atoms in total. The fraction of sp³-hybridized carbons (Fsp3) is 0.421. The van der Waals surface area contributed by atoms with Crippen LogP contribution in [0, 0.1) is 20.8 Å². The van der Waals surface area contributed by atoms with Crippen LogP contribution in [-0.4, -0.2) is 47.4 Å². The lowest BCUT2D eigenvalue weighted by atomic mass is 10.2. The molecule has 0 atom stereocenters. The first-order valence-electron chi connectivity index (χ1n) is 9.12. The van der Waals surface area contributed by atoms with Crippen LogP contribution in [0.5, 0.6) is 0 Å². The maximum absolute atomic E-state index is 12.7. The van der Waals surface area contributed by atoms with Gasteiger partial charge in [-0.3, -0.25) is 4.79 Å². The number of rotatable bonds is 6. The summed E-state index contributed by atoms with van der Waals surface area (Å²) in [5.74, 6) is -0.0920. The Kier molecular flexibility index (Phi) is 6.36. The van der Waals surface area contributed by atoms with E-state index < -0.39 is 10.0 Å². The first-order valence-corrected chi connectivity index (χ1v) is 11.5. The van der Waals surface area contributed by atoms with Crippen molar-refractivity contribution in [2.75, 3.05) is 24.2 Å². The molecule has 1 saturated heterocycles. The molecule has 1 aromatic carbocycles. The van der Waals surface area contributed by atoms with Crippen LogP contribution in [0.1, 0.15) is 29.8 Å². The third-order valence-corrected chi connectivity index (χ3v) is 7.51. The van der Waals surface area contributed by atoms with Gasteiger partial charge in [-0.2, -0.15) is 4.31 Å². The minimum atomic E-state index is -3.51. The number of carbonyl (C=O) groups is 1. The molecule has 2 aromatic rings. The van der Waals surface area contributed by atoms with Gasteiger partial charge in [-0.1, -0.05) is 17.8 Å². The number of nitrogens with one attached hydrogen (secondary N) is 1. The normalized spacial score (nSPS) is 15.0. The number of anilines is 1. The van der Waals surface area contributed by atoms with Crippen molar-refractivity contribution in [3.05, 3.63) is 41.2 Å². The molecular weight excluding hydrogens is 396 g/mol. The highest BCUT2D eigenvalue weighted by Crippen LogP contribution is 2.23. The maximum Gasteiger partial charge on any atom is 0.243 e. The maximum atomic E-state index is 12.7. The number of hydrogen-bond donors (Lipinski definition) is 1. The lowest BCUT2D eigenvalue weighted by Gasteiger charge is -2.16. The van der Waals surface area contributed by atoms with Gasteiger partial charge in [-0.05, 0) is 57.4 Å². The number of amides is 1. The summed E-state index contributed by atoms with van der Waals surface area (Å²) in [5, 5.41) is 3.31. The molecule has 28 heavy (non-hydrogen) atoms. The molecule has 0 bridgehead atoms. The predicted molar refractivity (Wildman–Crippen MR) is 110 cm³/mol. The van der Waals surface area contributed by atoms with Crippen molar-refractivity contribution in [3.63, 3.8) is 0 Å². The van der Waals surface area contributed by atoms with Gasteiger partial charge < -0.3 is 5.32 Å². The number of hydrogen-bond acceptors (Lipinski definition) is 6. The number of aromatic nitrogens is 2. The summed E-state index contributed by atoms with van der Waals surface area (Å²) in [6.45, 7) is 6.89. The fourth-order valence-electron chi connectivity index (χ4n) is 2.95. The van der Waals surface area contributed by atoms with E-state index in [4.69, 9.17) is 0 Å². The standard InChI is InChI=1S/C19H24N4O3S2/c1-13-14(2)20-19(21-15(13)3)27-12-18(24)22-16-7-6-8-17(11-16)28(25,26)23-9-4-5-10-23/h6-8,11H,4-5,9-10,12H2,1-3H3,(H,22,24). The van der Waals surface area contributed by atoms with E-state index in [1.807, 2.05) is 20.8 Å². The Morgan fingerprint density at radius 3 is 2.43 bits per heavy atom. The largest absolute Gasteiger partial charge is 0.325 e. The zero-order chi connectivity index (χ0) is 20.3. The molecule has 1 fully saturated rings. The molecule has 3 rings (SSSR count). The highest BCUT2D eigenvalue weighted by molar-refractivity contribution is 7.99. The summed E-state index contributed by atoms with van der Waals surface area (Å²) < 4.78 is 26.8. The first kappa shape index (κ1) is 20.8. The van der Waals surface area contributed by atoms with Gasteiger partial charge >= 0.3 is 0 Å². The first-order chi connectivity index (χ1) is 13.3. The Hall–Kier alpha value is -1.97. The van der Waals surface area contributed by atoms with E-state index in [2.05, 4.69) is 15.3 Å². The number of benzene rings is 1. The third-order valence-electron chi connectivity index (χ3n) is 4.77. The molecule has 1 aliphatic heterocycles. The molecule has 0 spiro atoms. The molecule has 150 valence electrons. The van der Waals surface area contributed by atoms with E-state index in [1.54, 1.807) is 18.2 Å². The van der Waals surface area contributed by atoms with E-state index in [1.165, 1.54) is 22.1 Å². The summed E-state index contributed by atoms with van der Waals surface area (Å²) >= 11 is 1.25. The van der Waals surface area contributed by atoms with Crippen LogP contribution < -0.4 is 5.32 Å². The lowest BCUT2D eigenvalue weighted by molar-refractivity contribution is -0.113. The molecule has 0 aliphatic carbocycles. The number of nitrogens with zero attached hydrogens (tertiary/aromatic N) is 3. The van der Waals surface area contributed by atoms with Crippen LogP contribution in [0.15, 0.2) is 34.3 Å². The molecule has 2 heterocycles. The quantitative estimate of drug-likeness (QED) is 0.571. The zero-order valence-corrected chi connectivity index (χ0v) is 17.9. The van der Waals surface area contributed by atoms with Crippen molar-refractivity contribution in [1.82, 2.24) is 14.3 Å². The van der Waals surface area contributed by atoms with Gasteiger partial charge in [0, 0.05) is 30.2 Å². The van der Waals surface area contributed by atoms with Gasteiger partial charge in [-0.15, -0.1) is 0 Å². The molecule has 1 N–H and O–H groups in total. The van der Waals surface area contributed by atoms with Crippen molar-refractivity contribution in [1.29, 1.82) is 0 Å². The van der Waals surface area contributed by atoms with Gasteiger partial charge in [0.1, 0.15) is 0 Å². The van der Waals surface area contributed by atoms with Crippen LogP contribution in [0.3, 0.4) is 0 Å². The average molecular weight is 421 g/mol. The van der Waals surface area contributed by atoms with E-state index in [9.17, 15) is 13.2 Å². The zero-order valence-electron chi connectivity index (χ0n) is 16.2. The fourth-order valence-corrected chi connectivity index (χ4v) is 5.24. The van der Waals surface area contributed by atoms with E-state index in [0.717, 1.165) is 29.8 Å². The van der Waals surface area contributed by atoms with Crippen LogP contribution in [0.4, 0.5) is 5.69 Å². The number of carbonyl (C=O) groups excluding carboxylic acids is 1. The molecule has 0 radical (unpaired) electrons. The second-order valence-corrected chi connectivity index (χ2v) is 9.66. The Morgan fingerprint density at radius 1 is 1.14 bits per heavy atom. The van der Waals surface area contributed by atoms with Crippen LogP contribution >= 0.6 is 11.8 Å².